The second kappa shape index (κ2) is 5.71. The van der Waals surface area contributed by atoms with Crippen LogP contribution in [-0.4, -0.2) is 5.91 Å². The molecule has 0 aliphatic heterocycles. The molecule has 0 spiro atoms. The molecule has 1 amide bonds. The number of carbonyl (C=O) groups excluding carboxylic acids is 1. The maximum Gasteiger partial charge on any atom is 0.256 e. The average molecular weight is 388 g/mol. The Kier molecular flexibility index (Phi) is 4.21. The number of nitrogens with two attached hydrogens (primary N) is 1. The predicted molar refractivity (Wildman–Crippen MR) is 80.6 cm³/mol. The summed E-state index contributed by atoms with van der Waals surface area (Å²) in [4.78, 5) is 12.1. The van der Waals surface area contributed by atoms with E-state index in [9.17, 15) is 9.18 Å². The van der Waals surface area contributed by atoms with Gasteiger partial charge in [0.15, 0.2) is 0 Å². The Bertz CT molecular complexity index is 647. The van der Waals surface area contributed by atoms with E-state index >= 15 is 0 Å². The maximum absolute atomic E-state index is 13.1. The van der Waals surface area contributed by atoms with Crippen molar-refractivity contribution < 1.29 is 9.18 Å². The van der Waals surface area contributed by atoms with E-state index in [0.717, 1.165) is 0 Å². The molecule has 3 nitrogen and oxygen atoms in total. The number of amides is 1. The van der Waals surface area contributed by atoms with Gasteiger partial charge in [-0.05, 0) is 62.2 Å². The summed E-state index contributed by atoms with van der Waals surface area (Å²) in [6, 6.07) is 9.28. The number of hydrogen-bond acceptors (Lipinski definition) is 2. The van der Waals surface area contributed by atoms with Crippen LogP contribution in [0.4, 0.5) is 15.8 Å². The van der Waals surface area contributed by atoms with Crippen molar-refractivity contribution in [3.05, 3.63) is 56.7 Å². The van der Waals surface area contributed by atoms with Crippen LogP contribution in [0, 0.1) is 5.82 Å². The summed E-state index contributed by atoms with van der Waals surface area (Å²) in [6.45, 7) is 0. The topological polar surface area (TPSA) is 55.1 Å². The molecular weight excluding hydrogens is 379 g/mol. The Morgan fingerprint density at radius 2 is 1.95 bits per heavy atom. The number of benzene rings is 2. The minimum Gasteiger partial charge on any atom is -0.398 e. The lowest BCUT2D eigenvalue weighted by Crippen LogP contribution is -2.13. The highest BCUT2D eigenvalue weighted by atomic mass is 79.9. The smallest absolute Gasteiger partial charge is 0.256 e. The first-order valence-electron chi connectivity index (χ1n) is 5.29. The van der Waals surface area contributed by atoms with Crippen LogP contribution in [0.15, 0.2) is 45.3 Å². The van der Waals surface area contributed by atoms with Crippen molar-refractivity contribution in [2.75, 3.05) is 11.1 Å². The van der Waals surface area contributed by atoms with E-state index in [2.05, 4.69) is 37.2 Å². The molecule has 0 bridgehead atoms. The van der Waals surface area contributed by atoms with Gasteiger partial charge in [0.25, 0.3) is 5.91 Å². The zero-order chi connectivity index (χ0) is 14.0. The molecule has 2 aromatic rings. The molecule has 0 aromatic heterocycles. The first-order valence-corrected chi connectivity index (χ1v) is 6.88. The van der Waals surface area contributed by atoms with Crippen molar-refractivity contribution >= 4 is 49.1 Å². The van der Waals surface area contributed by atoms with E-state index in [1.807, 2.05) is 0 Å². The molecule has 0 saturated carbocycles. The molecule has 98 valence electrons. The van der Waals surface area contributed by atoms with Gasteiger partial charge in [-0.1, -0.05) is 6.07 Å². The molecule has 3 N–H and O–H groups in total. The Morgan fingerprint density at radius 3 is 2.63 bits per heavy atom. The Morgan fingerprint density at radius 1 is 1.21 bits per heavy atom. The van der Waals surface area contributed by atoms with Gasteiger partial charge in [0, 0.05) is 11.4 Å². The number of nitrogen functional groups attached to an aromatic ring is 1. The van der Waals surface area contributed by atoms with E-state index in [1.54, 1.807) is 18.2 Å². The molecule has 2 rings (SSSR count). The molecule has 6 heteroatoms. The molecular formula is C13H9Br2FN2O. The van der Waals surface area contributed by atoms with Crippen molar-refractivity contribution in [3.63, 3.8) is 0 Å². The van der Waals surface area contributed by atoms with Gasteiger partial charge >= 0.3 is 0 Å². The van der Waals surface area contributed by atoms with Crippen LogP contribution >= 0.6 is 31.9 Å². The summed E-state index contributed by atoms with van der Waals surface area (Å²) < 4.78 is 13.9. The van der Waals surface area contributed by atoms with Crippen LogP contribution in [0.5, 0.6) is 0 Å². The van der Waals surface area contributed by atoms with Crippen LogP contribution in [0.1, 0.15) is 10.4 Å². The third-order valence-electron chi connectivity index (χ3n) is 2.45. The number of carbonyl (C=O) groups is 1. The SMILES string of the molecule is Nc1cccc(C(=O)Nc2ccc(F)c(Br)c2)c1Br. The van der Waals surface area contributed by atoms with Crippen LogP contribution in [0.2, 0.25) is 0 Å². The monoisotopic (exact) mass is 386 g/mol. The first kappa shape index (κ1) is 14.0. The third kappa shape index (κ3) is 3.13. The normalized spacial score (nSPS) is 10.3. The molecule has 0 heterocycles. The quantitative estimate of drug-likeness (QED) is 0.759. The van der Waals surface area contributed by atoms with Crippen molar-refractivity contribution in [2.24, 2.45) is 0 Å². The third-order valence-corrected chi connectivity index (χ3v) is 3.94. The summed E-state index contributed by atoms with van der Waals surface area (Å²) in [5.74, 6) is -0.708. The van der Waals surface area contributed by atoms with Crippen molar-refractivity contribution in [3.8, 4) is 0 Å². The van der Waals surface area contributed by atoms with E-state index in [-0.39, 0.29) is 16.2 Å². The molecule has 0 atom stereocenters. The van der Waals surface area contributed by atoms with E-state index in [4.69, 9.17) is 5.73 Å². The van der Waals surface area contributed by atoms with Gasteiger partial charge in [-0.15, -0.1) is 0 Å². The number of hydrogen-bond donors (Lipinski definition) is 2. The Hall–Kier alpha value is -1.40. The van der Waals surface area contributed by atoms with Gasteiger partial charge in [0.2, 0.25) is 0 Å². The Balaban J connectivity index is 2.26. The van der Waals surface area contributed by atoms with Gasteiger partial charge in [-0.2, -0.15) is 0 Å². The fourth-order valence-corrected chi connectivity index (χ4v) is 2.32. The van der Waals surface area contributed by atoms with Gasteiger partial charge in [0.1, 0.15) is 5.82 Å². The van der Waals surface area contributed by atoms with Crippen LogP contribution < -0.4 is 11.1 Å². The molecule has 0 radical (unpaired) electrons. The summed E-state index contributed by atoms with van der Waals surface area (Å²) in [6.07, 6.45) is 0. The number of rotatable bonds is 2. The van der Waals surface area contributed by atoms with E-state index in [1.165, 1.54) is 18.2 Å². The number of nitrogens with one attached hydrogen (secondary N) is 1. The fourth-order valence-electron chi connectivity index (χ4n) is 1.50. The number of halogens is 3. The second-order valence-electron chi connectivity index (χ2n) is 3.79. The molecule has 2 aromatic carbocycles. The summed E-state index contributed by atoms with van der Waals surface area (Å²) >= 11 is 6.33. The minimum absolute atomic E-state index is 0.289. The molecule has 0 fully saturated rings. The molecule has 0 unspecified atom stereocenters. The lowest BCUT2D eigenvalue weighted by atomic mass is 10.2. The van der Waals surface area contributed by atoms with Crippen LogP contribution in [-0.2, 0) is 0 Å². The largest absolute Gasteiger partial charge is 0.398 e. The Labute approximate surface area is 126 Å². The predicted octanol–water partition coefficient (Wildman–Crippen LogP) is 4.19. The highest BCUT2D eigenvalue weighted by molar-refractivity contribution is 9.11. The van der Waals surface area contributed by atoms with Gasteiger partial charge in [-0.25, -0.2) is 4.39 Å². The highest BCUT2D eigenvalue weighted by Crippen LogP contribution is 2.25. The summed E-state index contributed by atoms with van der Waals surface area (Å²) in [7, 11) is 0. The van der Waals surface area contributed by atoms with Crippen molar-refractivity contribution in [1.82, 2.24) is 0 Å². The van der Waals surface area contributed by atoms with Crippen molar-refractivity contribution in [1.29, 1.82) is 0 Å². The minimum atomic E-state index is -0.386. The average Bonchev–Trinajstić information content (AvgIpc) is 2.37. The summed E-state index contributed by atoms with van der Waals surface area (Å²) in [5.41, 5.74) is 7.10. The molecule has 0 aliphatic rings. The fraction of sp³-hybridized carbons (Fsp3) is 0. The molecule has 0 saturated heterocycles. The van der Waals surface area contributed by atoms with E-state index < -0.39 is 0 Å². The zero-order valence-corrected chi connectivity index (χ0v) is 12.8. The lowest BCUT2D eigenvalue weighted by molar-refractivity contribution is 0.102. The van der Waals surface area contributed by atoms with Crippen LogP contribution in [0.3, 0.4) is 0 Å². The van der Waals surface area contributed by atoms with Gasteiger partial charge < -0.3 is 11.1 Å². The highest BCUT2D eigenvalue weighted by Gasteiger charge is 2.12. The molecule has 19 heavy (non-hydrogen) atoms. The second-order valence-corrected chi connectivity index (χ2v) is 5.44. The number of anilines is 2. The lowest BCUT2D eigenvalue weighted by Gasteiger charge is -2.08. The molecule has 0 aliphatic carbocycles. The van der Waals surface area contributed by atoms with Crippen LogP contribution in [0.25, 0.3) is 0 Å². The van der Waals surface area contributed by atoms with E-state index in [0.29, 0.717) is 21.4 Å². The van der Waals surface area contributed by atoms with Crippen molar-refractivity contribution in [2.45, 2.75) is 0 Å². The van der Waals surface area contributed by atoms with Gasteiger partial charge in [0.05, 0.1) is 14.5 Å². The van der Waals surface area contributed by atoms with Gasteiger partial charge in [-0.3, -0.25) is 4.79 Å². The maximum atomic E-state index is 13.1. The first-order chi connectivity index (χ1) is 8.99. The standard InChI is InChI=1S/C13H9Br2FN2O/c14-9-6-7(4-5-10(9)16)18-13(19)8-2-1-3-11(17)12(8)15/h1-6H,17H2,(H,18,19). The summed E-state index contributed by atoms with van der Waals surface area (Å²) in [5, 5.41) is 2.67. The zero-order valence-electron chi connectivity index (χ0n) is 9.58.